The molecule has 0 fully saturated rings. The van der Waals surface area contributed by atoms with Crippen molar-refractivity contribution in [2.75, 3.05) is 0 Å². The second-order valence-corrected chi connectivity index (χ2v) is 4.65. The van der Waals surface area contributed by atoms with Crippen LogP contribution in [0.3, 0.4) is 0 Å². The van der Waals surface area contributed by atoms with Crippen LogP contribution in [0, 0.1) is 0 Å². The molecule has 0 amide bonds. The zero-order valence-electron chi connectivity index (χ0n) is 9.63. The lowest BCUT2D eigenvalue weighted by Gasteiger charge is -2.06. The van der Waals surface area contributed by atoms with Crippen LogP contribution in [-0.4, -0.2) is 16.9 Å². The maximum Gasteiger partial charge on any atom is 0.303 e. The molecule has 0 saturated carbocycles. The van der Waals surface area contributed by atoms with Crippen LogP contribution in [0.1, 0.15) is 23.2 Å². The van der Waals surface area contributed by atoms with Crippen LogP contribution in [-0.2, 0) is 4.79 Å². The van der Waals surface area contributed by atoms with E-state index in [-0.39, 0.29) is 18.6 Å². The molecular weight excluding hydrogens is 248 g/mol. The Labute approximate surface area is 109 Å². The Morgan fingerprint density at radius 1 is 1.11 bits per heavy atom. The fraction of sp³-hybridized carbons (Fsp3) is 0.143. The molecule has 92 valence electrons. The third-order valence-electron chi connectivity index (χ3n) is 2.63. The number of aliphatic carboxylic acids is 1. The van der Waals surface area contributed by atoms with Crippen LogP contribution < -0.4 is 0 Å². The van der Waals surface area contributed by atoms with Gasteiger partial charge in [0.2, 0.25) is 0 Å². The number of hydrogen-bond donors (Lipinski definition) is 1. The number of Topliss-reactive ketones (excluding diaryl/α,β-unsaturated/α-hetero) is 1. The molecule has 0 unspecified atom stereocenters. The van der Waals surface area contributed by atoms with Crippen LogP contribution in [0.15, 0.2) is 41.1 Å². The minimum Gasteiger partial charge on any atom is -0.481 e. The van der Waals surface area contributed by atoms with Crippen LogP contribution in [0.4, 0.5) is 0 Å². The average Bonchev–Trinajstić information content (AvgIpc) is 2.89. The number of ketones is 1. The molecule has 0 atom stereocenters. The molecule has 1 N–H and O–H groups in total. The summed E-state index contributed by atoms with van der Waals surface area (Å²) in [5.74, 6) is -1.07. The summed E-state index contributed by atoms with van der Waals surface area (Å²) in [5, 5.41) is 12.5. The first-order valence-electron chi connectivity index (χ1n) is 5.55. The van der Waals surface area contributed by atoms with E-state index in [1.54, 1.807) is 23.5 Å². The summed E-state index contributed by atoms with van der Waals surface area (Å²) in [5.41, 5.74) is 2.46. The van der Waals surface area contributed by atoms with Gasteiger partial charge in [-0.15, -0.1) is 0 Å². The highest BCUT2D eigenvalue weighted by Gasteiger charge is 2.13. The van der Waals surface area contributed by atoms with Crippen LogP contribution in [0.25, 0.3) is 11.1 Å². The number of hydrogen-bond acceptors (Lipinski definition) is 3. The van der Waals surface area contributed by atoms with Gasteiger partial charge in [-0.1, -0.05) is 24.3 Å². The first-order chi connectivity index (χ1) is 8.68. The smallest absolute Gasteiger partial charge is 0.303 e. The third kappa shape index (κ3) is 2.84. The number of benzene rings is 1. The van der Waals surface area contributed by atoms with Gasteiger partial charge in [0.25, 0.3) is 0 Å². The lowest BCUT2D eigenvalue weighted by atomic mass is 9.97. The molecule has 1 aromatic carbocycles. The van der Waals surface area contributed by atoms with Crippen molar-refractivity contribution in [3.05, 3.63) is 46.7 Å². The normalized spacial score (nSPS) is 10.2. The number of carbonyl (C=O) groups is 2. The maximum absolute atomic E-state index is 12.0. The molecule has 0 radical (unpaired) electrons. The maximum atomic E-state index is 12.0. The van der Waals surface area contributed by atoms with E-state index in [4.69, 9.17) is 5.11 Å². The molecule has 2 aromatic rings. The summed E-state index contributed by atoms with van der Waals surface area (Å²) in [6.07, 6.45) is -0.0900. The number of carboxylic acid groups (broad SMARTS) is 1. The number of carbonyl (C=O) groups excluding carboxylic acids is 1. The standard InChI is InChI=1S/C14H12O3S/c15-13(5-6-14(16)17)12-4-2-1-3-11(12)10-7-8-18-9-10/h1-4,7-9H,5-6H2,(H,16,17). The zero-order chi connectivity index (χ0) is 13.0. The van der Waals surface area contributed by atoms with Gasteiger partial charge in [0, 0.05) is 12.0 Å². The van der Waals surface area contributed by atoms with Gasteiger partial charge in [-0.25, -0.2) is 0 Å². The highest BCUT2D eigenvalue weighted by atomic mass is 32.1. The van der Waals surface area contributed by atoms with Crippen molar-refractivity contribution in [3.63, 3.8) is 0 Å². The van der Waals surface area contributed by atoms with E-state index >= 15 is 0 Å². The Hall–Kier alpha value is -1.94. The van der Waals surface area contributed by atoms with E-state index in [9.17, 15) is 9.59 Å². The third-order valence-corrected chi connectivity index (χ3v) is 3.31. The highest BCUT2D eigenvalue weighted by molar-refractivity contribution is 7.08. The second-order valence-electron chi connectivity index (χ2n) is 3.87. The van der Waals surface area contributed by atoms with E-state index in [1.807, 2.05) is 29.0 Å². The number of thiophene rings is 1. The van der Waals surface area contributed by atoms with Crippen molar-refractivity contribution in [2.24, 2.45) is 0 Å². The Bertz CT molecular complexity index is 558. The molecule has 0 saturated heterocycles. The molecule has 0 spiro atoms. The largest absolute Gasteiger partial charge is 0.481 e. The van der Waals surface area contributed by atoms with Gasteiger partial charge in [0.1, 0.15) is 0 Å². The summed E-state index contributed by atoms with van der Waals surface area (Å²) >= 11 is 1.57. The topological polar surface area (TPSA) is 54.4 Å². The van der Waals surface area contributed by atoms with E-state index in [0.29, 0.717) is 5.56 Å². The molecule has 1 heterocycles. The lowest BCUT2D eigenvalue weighted by Crippen LogP contribution is -2.05. The second kappa shape index (κ2) is 5.60. The SMILES string of the molecule is O=C(O)CCC(=O)c1ccccc1-c1ccsc1. The van der Waals surface area contributed by atoms with Crippen LogP contribution >= 0.6 is 11.3 Å². The van der Waals surface area contributed by atoms with Gasteiger partial charge in [0.05, 0.1) is 6.42 Å². The molecular formula is C14H12O3S. The Balaban J connectivity index is 2.28. The summed E-state index contributed by atoms with van der Waals surface area (Å²) in [7, 11) is 0. The Kier molecular flexibility index (Phi) is 3.89. The van der Waals surface area contributed by atoms with Gasteiger partial charge in [-0.05, 0) is 28.0 Å². The van der Waals surface area contributed by atoms with E-state index in [1.165, 1.54) is 0 Å². The van der Waals surface area contributed by atoms with Crippen molar-refractivity contribution in [2.45, 2.75) is 12.8 Å². The quantitative estimate of drug-likeness (QED) is 0.837. The van der Waals surface area contributed by atoms with Crippen molar-refractivity contribution in [1.29, 1.82) is 0 Å². The molecule has 0 aliphatic rings. The minimum absolute atomic E-state index is 0.0382. The summed E-state index contributed by atoms with van der Waals surface area (Å²) in [4.78, 5) is 22.5. The molecule has 1 aromatic heterocycles. The first-order valence-corrected chi connectivity index (χ1v) is 6.49. The first kappa shape index (κ1) is 12.5. The molecule has 4 heteroatoms. The van der Waals surface area contributed by atoms with E-state index in [0.717, 1.165) is 11.1 Å². The molecule has 0 bridgehead atoms. The van der Waals surface area contributed by atoms with Crippen molar-refractivity contribution < 1.29 is 14.7 Å². The lowest BCUT2D eigenvalue weighted by molar-refractivity contribution is -0.136. The van der Waals surface area contributed by atoms with E-state index < -0.39 is 5.97 Å². The predicted molar refractivity (Wildman–Crippen MR) is 71.0 cm³/mol. The summed E-state index contributed by atoms with van der Waals surface area (Å²) < 4.78 is 0. The molecule has 2 rings (SSSR count). The summed E-state index contributed by atoms with van der Waals surface area (Å²) in [6, 6.07) is 9.26. The summed E-state index contributed by atoms with van der Waals surface area (Å²) in [6.45, 7) is 0. The van der Waals surface area contributed by atoms with Crippen LogP contribution in [0.5, 0.6) is 0 Å². The fourth-order valence-corrected chi connectivity index (χ4v) is 2.41. The van der Waals surface area contributed by atoms with Gasteiger partial charge < -0.3 is 5.11 Å². The Morgan fingerprint density at radius 2 is 1.89 bits per heavy atom. The number of carboxylic acids is 1. The fourth-order valence-electron chi connectivity index (χ4n) is 1.75. The van der Waals surface area contributed by atoms with E-state index in [2.05, 4.69) is 0 Å². The zero-order valence-corrected chi connectivity index (χ0v) is 10.4. The molecule has 18 heavy (non-hydrogen) atoms. The van der Waals surface area contributed by atoms with Gasteiger partial charge >= 0.3 is 5.97 Å². The van der Waals surface area contributed by atoms with Crippen molar-refractivity contribution in [1.82, 2.24) is 0 Å². The molecule has 0 aliphatic heterocycles. The average molecular weight is 260 g/mol. The highest BCUT2D eigenvalue weighted by Crippen LogP contribution is 2.26. The van der Waals surface area contributed by atoms with Gasteiger partial charge in [-0.3, -0.25) is 9.59 Å². The predicted octanol–water partition coefficient (Wildman–Crippen LogP) is 3.46. The van der Waals surface area contributed by atoms with Crippen molar-refractivity contribution >= 4 is 23.1 Å². The Morgan fingerprint density at radius 3 is 2.56 bits per heavy atom. The number of rotatable bonds is 5. The van der Waals surface area contributed by atoms with Gasteiger partial charge in [0.15, 0.2) is 5.78 Å². The van der Waals surface area contributed by atoms with Gasteiger partial charge in [-0.2, -0.15) is 11.3 Å². The van der Waals surface area contributed by atoms with Crippen molar-refractivity contribution in [3.8, 4) is 11.1 Å². The molecule has 3 nitrogen and oxygen atoms in total. The van der Waals surface area contributed by atoms with Crippen LogP contribution in [0.2, 0.25) is 0 Å². The molecule has 0 aliphatic carbocycles. The monoisotopic (exact) mass is 260 g/mol. The minimum atomic E-state index is -0.948.